The minimum absolute atomic E-state index is 0.470. The summed E-state index contributed by atoms with van der Waals surface area (Å²) in [6.07, 6.45) is 2.16. The van der Waals surface area contributed by atoms with Crippen LogP contribution in [0.2, 0.25) is 0 Å². The first-order valence-electron chi connectivity index (χ1n) is 3.73. The van der Waals surface area contributed by atoms with Gasteiger partial charge in [0.05, 0.1) is 12.5 Å². The average molecular weight is 162 g/mol. The summed E-state index contributed by atoms with van der Waals surface area (Å²) >= 11 is 0. The first kappa shape index (κ1) is 8.47. The highest BCUT2D eigenvalue weighted by Gasteiger charge is 1.93. The lowest BCUT2D eigenvalue weighted by Crippen LogP contribution is -2.04. The first-order valence-corrected chi connectivity index (χ1v) is 3.73. The molecule has 12 heavy (non-hydrogen) atoms. The molecule has 0 aromatic carbocycles. The van der Waals surface area contributed by atoms with Crippen molar-refractivity contribution in [2.24, 2.45) is 0 Å². The Labute approximate surface area is 71.3 Å². The molecule has 0 radical (unpaired) electrons. The Hall–Kier alpha value is -1.63. The number of hydrogen-bond donors (Lipinski definition) is 1. The quantitative estimate of drug-likeness (QED) is 0.676. The van der Waals surface area contributed by atoms with E-state index in [1.165, 1.54) is 0 Å². The molecule has 0 unspecified atom stereocenters. The summed E-state index contributed by atoms with van der Waals surface area (Å²) in [6, 6.07) is 3.86. The third-order valence-electron chi connectivity index (χ3n) is 1.31. The Morgan fingerprint density at radius 1 is 1.67 bits per heavy atom. The lowest BCUT2D eigenvalue weighted by molar-refractivity contribution is 1.01. The first-order chi connectivity index (χ1) is 5.83. The van der Waals surface area contributed by atoms with Crippen LogP contribution in [0.25, 0.3) is 0 Å². The van der Waals surface area contributed by atoms with Crippen molar-refractivity contribution in [2.45, 2.75) is 13.3 Å². The normalized spacial score (nSPS) is 9.00. The molecule has 0 spiro atoms. The summed E-state index contributed by atoms with van der Waals surface area (Å²) in [5.74, 6) is 0.588. The van der Waals surface area contributed by atoms with Crippen LogP contribution in [0.4, 0.5) is 5.95 Å². The second kappa shape index (κ2) is 4.29. The maximum absolute atomic E-state index is 8.27. The van der Waals surface area contributed by atoms with Gasteiger partial charge in [-0.05, 0) is 13.0 Å². The zero-order chi connectivity index (χ0) is 8.81. The topological polar surface area (TPSA) is 61.6 Å². The Bertz CT molecular complexity index is 289. The van der Waals surface area contributed by atoms with Crippen molar-refractivity contribution >= 4 is 5.95 Å². The minimum Gasteiger partial charge on any atom is -0.353 e. The molecule has 0 amide bonds. The number of anilines is 1. The fourth-order valence-corrected chi connectivity index (χ4v) is 0.764. The molecular weight excluding hydrogens is 152 g/mol. The molecule has 0 bridgehead atoms. The predicted molar refractivity (Wildman–Crippen MR) is 45.5 cm³/mol. The van der Waals surface area contributed by atoms with Crippen LogP contribution in [0.5, 0.6) is 0 Å². The van der Waals surface area contributed by atoms with E-state index in [9.17, 15) is 0 Å². The molecular formula is C8H10N4. The van der Waals surface area contributed by atoms with E-state index in [1.807, 2.05) is 19.1 Å². The fourth-order valence-electron chi connectivity index (χ4n) is 0.764. The number of nitrogens with zero attached hydrogens (tertiary/aromatic N) is 3. The third-order valence-corrected chi connectivity index (χ3v) is 1.31. The fraction of sp³-hybridized carbons (Fsp3) is 0.375. The molecule has 0 saturated heterocycles. The van der Waals surface area contributed by atoms with Crippen LogP contribution in [0.1, 0.15) is 12.1 Å². The number of hydrogen-bond acceptors (Lipinski definition) is 4. The van der Waals surface area contributed by atoms with E-state index in [2.05, 4.69) is 15.3 Å². The van der Waals surface area contributed by atoms with Gasteiger partial charge in [0.25, 0.3) is 0 Å². The average Bonchev–Trinajstić information content (AvgIpc) is 2.05. The number of nitriles is 1. The van der Waals surface area contributed by atoms with Crippen molar-refractivity contribution in [3.63, 3.8) is 0 Å². The molecule has 0 fully saturated rings. The van der Waals surface area contributed by atoms with Crippen LogP contribution in [0.3, 0.4) is 0 Å². The van der Waals surface area contributed by atoms with Gasteiger partial charge in [-0.15, -0.1) is 0 Å². The van der Waals surface area contributed by atoms with E-state index in [-0.39, 0.29) is 0 Å². The Kier molecular flexibility index (Phi) is 3.03. The van der Waals surface area contributed by atoms with Crippen molar-refractivity contribution in [1.82, 2.24) is 9.97 Å². The van der Waals surface area contributed by atoms with Crippen molar-refractivity contribution < 1.29 is 0 Å². The van der Waals surface area contributed by atoms with Crippen LogP contribution in [-0.2, 0) is 0 Å². The zero-order valence-corrected chi connectivity index (χ0v) is 6.91. The zero-order valence-electron chi connectivity index (χ0n) is 6.91. The van der Waals surface area contributed by atoms with E-state index < -0.39 is 0 Å². The second-order valence-electron chi connectivity index (χ2n) is 2.36. The summed E-state index contributed by atoms with van der Waals surface area (Å²) < 4.78 is 0. The minimum atomic E-state index is 0.470. The summed E-state index contributed by atoms with van der Waals surface area (Å²) in [5, 5.41) is 11.2. The van der Waals surface area contributed by atoms with E-state index in [1.54, 1.807) is 6.20 Å². The Morgan fingerprint density at radius 3 is 3.17 bits per heavy atom. The second-order valence-corrected chi connectivity index (χ2v) is 2.36. The standard InChI is InChI=1S/C8H10N4/c1-7-3-6-11-8(12-7)10-5-2-4-9/h3,6H,2,5H2,1H3,(H,10,11,12). The van der Waals surface area contributed by atoms with Gasteiger partial charge in [0.1, 0.15) is 0 Å². The van der Waals surface area contributed by atoms with Crippen LogP contribution in [0, 0.1) is 18.3 Å². The maximum atomic E-state index is 8.27. The lowest BCUT2D eigenvalue weighted by atomic mass is 10.4. The molecule has 0 aliphatic carbocycles. The molecule has 4 nitrogen and oxygen atoms in total. The molecule has 0 atom stereocenters. The molecule has 1 N–H and O–H groups in total. The summed E-state index contributed by atoms with van der Waals surface area (Å²) in [5.41, 5.74) is 0.921. The van der Waals surface area contributed by atoms with E-state index >= 15 is 0 Å². The van der Waals surface area contributed by atoms with Gasteiger partial charge < -0.3 is 5.32 Å². The molecule has 1 aromatic heterocycles. The highest BCUT2D eigenvalue weighted by molar-refractivity contribution is 5.24. The summed E-state index contributed by atoms with van der Waals surface area (Å²) in [6.45, 7) is 2.50. The third kappa shape index (κ3) is 2.54. The van der Waals surface area contributed by atoms with Crippen LogP contribution in [0.15, 0.2) is 12.3 Å². The smallest absolute Gasteiger partial charge is 0.222 e. The molecule has 1 rings (SSSR count). The lowest BCUT2D eigenvalue weighted by Gasteiger charge is -2.00. The number of rotatable bonds is 3. The van der Waals surface area contributed by atoms with E-state index in [0.29, 0.717) is 18.9 Å². The van der Waals surface area contributed by atoms with Gasteiger partial charge in [0.2, 0.25) is 5.95 Å². The van der Waals surface area contributed by atoms with Crippen molar-refractivity contribution in [3.8, 4) is 6.07 Å². The van der Waals surface area contributed by atoms with Gasteiger partial charge in [0.15, 0.2) is 0 Å². The van der Waals surface area contributed by atoms with Gasteiger partial charge in [-0.3, -0.25) is 0 Å². The van der Waals surface area contributed by atoms with Crippen molar-refractivity contribution in [1.29, 1.82) is 5.26 Å². The summed E-state index contributed by atoms with van der Waals surface area (Å²) in [4.78, 5) is 8.09. The van der Waals surface area contributed by atoms with E-state index in [4.69, 9.17) is 5.26 Å². The molecule has 0 aliphatic heterocycles. The Balaban J connectivity index is 2.48. The molecule has 0 aliphatic rings. The highest BCUT2D eigenvalue weighted by atomic mass is 15.1. The van der Waals surface area contributed by atoms with Gasteiger partial charge in [-0.1, -0.05) is 0 Å². The van der Waals surface area contributed by atoms with Crippen molar-refractivity contribution in [2.75, 3.05) is 11.9 Å². The van der Waals surface area contributed by atoms with E-state index in [0.717, 1.165) is 5.69 Å². The monoisotopic (exact) mass is 162 g/mol. The van der Waals surface area contributed by atoms with Gasteiger partial charge >= 0.3 is 0 Å². The molecule has 4 heteroatoms. The van der Waals surface area contributed by atoms with Gasteiger partial charge in [-0.2, -0.15) is 5.26 Å². The maximum Gasteiger partial charge on any atom is 0.222 e. The number of aromatic nitrogens is 2. The SMILES string of the molecule is Cc1ccnc(NCCC#N)n1. The molecule has 0 saturated carbocycles. The molecule has 1 aromatic rings. The van der Waals surface area contributed by atoms with Crippen molar-refractivity contribution in [3.05, 3.63) is 18.0 Å². The van der Waals surface area contributed by atoms with Gasteiger partial charge in [0, 0.05) is 18.4 Å². The van der Waals surface area contributed by atoms with Crippen LogP contribution >= 0.6 is 0 Å². The van der Waals surface area contributed by atoms with Crippen LogP contribution in [-0.4, -0.2) is 16.5 Å². The molecule has 62 valence electrons. The number of nitrogens with one attached hydrogen (secondary N) is 1. The van der Waals surface area contributed by atoms with Crippen LogP contribution < -0.4 is 5.32 Å². The predicted octanol–water partition coefficient (Wildman–Crippen LogP) is 1.11. The van der Waals surface area contributed by atoms with Gasteiger partial charge in [-0.25, -0.2) is 9.97 Å². The summed E-state index contributed by atoms with van der Waals surface area (Å²) in [7, 11) is 0. The Morgan fingerprint density at radius 2 is 2.50 bits per heavy atom. The largest absolute Gasteiger partial charge is 0.353 e. The number of aryl methyl sites for hydroxylation is 1. The molecule has 1 heterocycles. The highest BCUT2D eigenvalue weighted by Crippen LogP contribution is 1.97.